The van der Waals surface area contributed by atoms with E-state index in [-0.39, 0.29) is 29.6 Å². The summed E-state index contributed by atoms with van der Waals surface area (Å²) in [5.74, 6) is -0.871. The summed E-state index contributed by atoms with van der Waals surface area (Å²) in [5.41, 5.74) is 6.04. The third-order valence-corrected chi connectivity index (χ3v) is 5.49. The van der Waals surface area contributed by atoms with Gasteiger partial charge in [-0.3, -0.25) is 30.6 Å². The van der Waals surface area contributed by atoms with Gasteiger partial charge < -0.3 is 10.1 Å². The van der Waals surface area contributed by atoms with Gasteiger partial charge in [0, 0.05) is 22.3 Å². The number of hydrogen-bond acceptors (Lipinski definition) is 5. The SMILES string of the molecule is Cc1cc(OCC(=O)NC(=S)NNC(=O)CCC(=O)Nc2ccc(Cl)cc2Cl)ccc1Br. The zero-order valence-electron chi connectivity index (χ0n) is 16.8. The first-order valence-electron chi connectivity index (χ1n) is 9.16. The van der Waals surface area contributed by atoms with Gasteiger partial charge in [0.05, 0.1) is 10.7 Å². The molecule has 0 atom stereocenters. The van der Waals surface area contributed by atoms with Crippen LogP contribution < -0.4 is 26.2 Å². The Balaban J connectivity index is 1.65. The molecule has 0 saturated carbocycles. The van der Waals surface area contributed by atoms with Gasteiger partial charge in [0.15, 0.2) is 11.7 Å². The van der Waals surface area contributed by atoms with E-state index in [9.17, 15) is 14.4 Å². The highest BCUT2D eigenvalue weighted by molar-refractivity contribution is 9.10. The Kier molecular flexibility index (Phi) is 10.2. The lowest BCUT2D eigenvalue weighted by molar-refractivity contribution is -0.125. The number of rotatable bonds is 7. The molecule has 0 heterocycles. The largest absolute Gasteiger partial charge is 0.484 e. The fraction of sp³-hybridized carbons (Fsp3) is 0.200. The van der Waals surface area contributed by atoms with Gasteiger partial charge in [-0.15, -0.1) is 0 Å². The standard InChI is InChI=1S/C20H19BrCl2N4O4S/c1-11-8-13(3-4-14(11)21)31-10-19(30)25-20(32)27-26-18(29)7-6-17(28)24-16-5-2-12(22)9-15(16)23/h2-5,8-9H,6-7,10H2,1H3,(H,24,28)(H,26,29)(H2,25,27,30,32). The molecular weight excluding hydrogens is 543 g/mol. The van der Waals surface area contributed by atoms with E-state index in [1.54, 1.807) is 24.3 Å². The normalized spacial score (nSPS) is 10.1. The first kappa shape index (κ1) is 25.9. The van der Waals surface area contributed by atoms with Gasteiger partial charge >= 0.3 is 0 Å². The van der Waals surface area contributed by atoms with Crippen LogP contribution in [0.2, 0.25) is 10.0 Å². The van der Waals surface area contributed by atoms with Crippen molar-refractivity contribution in [3.63, 3.8) is 0 Å². The number of halogens is 3. The van der Waals surface area contributed by atoms with Crippen molar-refractivity contribution in [1.82, 2.24) is 16.2 Å². The van der Waals surface area contributed by atoms with Crippen molar-refractivity contribution in [2.24, 2.45) is 0 Å². The van der Waals surface area contributed by atoms with Crippen molar-refractivity contribution in [3.8, 4) is 5.75 Å². The summed E-state index contributed by atoms with van der Waals surface area (Å²) in [6.07, 6.45) is -0.210. The molecule has 0 bridgehead atoms. The summed E-state index contributed by atoms with van der Waals surface area (Å²) in [7, 11) is 0. The van der Waals surface area contributed by atoms with Gasteiger partial charge in [0.2, 0.25) is 11.8 Å². The number of hydrazine groups is 1. The van der Waals surface area contributed by atoms with Crippen LogP contribution in [0, 0.1) is 6.92 Å². The lowest BCUT2D eigenvalue weighted by Crippen LogP contribution is -2.49. The Morgan fingerprint density at radius 1 is 1.00 bits per heavy atom. The van der Waals surface area contributed by atoms with E-state index in [0.717, 1.165) is 10.0 Å². The van der Waals surface area contributed by atoms with E-state index in [1.165, 1.54) is 6.07 Å². The number of hydrogen-bond donors (Lipinski definition) is 4. The second kappa shape index (κ2) is 12.6. The first-order valence-corrected chi connectivity index (χ1v) is 11.1. The average Bonchev–Trinajstić information content (AvgIpc) is 2.73. The van der Waals surface area contributed by atoms with Crippen LogP contribution in [0.25, 0.3) is 0 Å². The zero-order chi connectivity index (χ0) is 23.7. The molecule has 0 unspecified atom stereocenters. The molecule has 0 aliphatic heterocycles. The van der Waals surface area contributed by atoms with Gasteiger partial charge in [-0.05, 0) is 61.1 Å². The molecule has 12 heteroatoms. The molecule has 0 aromatic heterocycles. The molecule has 170 valence electrons. The highest BCUT2D eigenvalue weighted by Gasteiger charge is 2.11. The van der Waals surface area contributed by atoms with Crippen LogP contribution in [-0.2, 0) is 14.4 Å². The fourth-order valence-corrected chi connectivity index (χ4v) is 3.14. The molecular formula is C20H19BrCl2N4O4S. The van der Waals surface area contributed by atoms with E-state index < -0.39 is 17.7 Å². The van der Waals surface area contributed by atoms with E-state index in [0.29, 0.717) is 16.5 Å². The highest BCUT2D eigenvalue weighted by atomic mass is 79.9. The summed E-state index contributed by atoms with van der Waals surface area (Å²) in [6, 6.07) is 9.96. The molecule has 0 saturated heterocycles. The topological polar surface area (TPSA) is 109 Å². The number of nitrogens with one attached hydrogen (secondary N) is 4. The number of ether oxygens (including phenoxy) is 1. The monoisotopic (exact) mass is 560 g/mol. The Bertz CT molecular complexity index is 1040. The maximum Gasteiger partial charge on any atom is 0.264 e. The van der Waals surface area contributed by atoms with Crippen molar-refractivity contribution >= 4 is 79.9 Å². The molecule has 2 aromatic carbocycles. The van der Waals surface area contributed by atoms with E-state index >= 15 is 0 Å². The molecule has 2 rings (SSSR count). The Morgan fingerprint density at radius 2 is 1.72 bits per heavy atom. The Hall–Kier alpha value is -2.40. The summed E-state index contributed by atoms with van der Waals surface area (Å²) in [5, 5.41) is 5.57. The van der Waals surface area contributed by atoms with Crippen molar-refractivity contribution in [2.45, 2.75) is 19.8 Å². The molecule has 0 aliphatic rings. The van der Waals surface area contributed by atoms with Crippen LogP contribution >= 0.6 is 51.3 Å². The number of amides is 3. The molecule has 0 aliphatic carbocycles. The smallest absolute Gasteiger partial charge is 0.264 e. The maximum atomic E-state index is 12.0. The van der Waals surface area contributed by atoms with Crippen LogP contribution in [0.15, 0.2) is 40.9 Å². The van der Waals surface area contributed by atoms with Gasteiger partial charge in [0.25, 0.3) is 5.91 Å². The quantitative estimate of drug-likeness (QED) is 0.302. The first-order chi connectivity index (χ1) is 15.1. The predicted molar refractivity (Wildman–Crippen MR) is 131 cm³/mol. The second-order valence-electron chi connectivity index (χ2n) is 6.42. The maximum absolute atomic E-state index is 12.0. The van der Waals surface area contributed by atoms with Crippen LogP contribution in [0.5, 0.6) is 5.75 Å². The molecule has 8 nitrogen and oxygen atoms in total. The third-order valence-electron chi connectivity index (χ3n) is 3.85. The van der Waals surface area contributed by atoms with Gasteiger partial charge in [0.1, 0.15) is 5.75 Å². The minimum atomic E-state index is -0.503. The minimum absolute atomic E-state index is 0.0912. The third kappa shape index (κ3) is 8.99. The molecule has 0 radical (unpaired) electrons. The molecule has 4 N–H and O–H groups in total. The van der Waals surface area contributed by atoms with E-state index in [1.807, 2.05) is 13.0 Å². The van der Waals surface area contributed by atoms with Gasteiger partial charge in [-0.1, -0.05) is 39.1 Å². The summed E-state index contributed by atoms with van der Waals surface area (Å²) in [6.45, 7) is 1.64. The highest BCUT2D eigenvalue weighted by Crippen LogP contribution is 2.25. The average molecular weight is 562 g/mol. The van der Waals surface area contributed by atoms with E-state index in [2.05, 4.69) is 37.4 Å². The lowest BCUT2D eigenvalue weighted by Gasteiger charge is -2.12. The number of thiocarbonyl (C=S) groups is 1. The lowest BCUT2D eigenvalue weighted by atomic mass is 10.2. The Morgan fingerprint density at radius 3 is 2.41 bits per heavy atom. The number of carbonyl (C=O) groups excluding carboxylic acids is 3. The van der Waals surface area contributed by atoms with Gasteiger partial charge in [-0.2, -0.15) is 0 Å². The van der Waals surface area contributed by atoms with Crippen molar-refractivity contribution in [3.05, 3.63) is 56.5 Å². The minimum Gasteiger partial charge on any atom is -0.484 e. The predicted octanol–water partition coefficient (Wildman–Crippen LogP) is 3.88. The van der Waals surface area contributed by atoms with Crippen molar-refractivity contribution in [2.75, 3.05) is 11.9 Å². The van der Waals surface area contributed by atoms with Gasteiger partial charge in [-0.25, -0.2) is 0 Å². The second-order valence-corrected chi connectivity index (χ2v) is 8.53. The van der Waals surface area contributed by atoms with Crippen LogP contribution in [0.3, 0.4) is 0 Å². The number of benzene rings is 2. The van der Waals surface area contributed by atoms with Crippen LogP contribution in [-0.4, -0.2) is 29.4 Å². The summed E-state index contributed by atoms with van der Waals surface area (Å²) >= 11 is 20.1. The van der Waals surface area contributed by atoms with Crippen molar-refractivity contribution < 1.29 is 19.1 Å². The van der Waals surface area contributed by atoms with E-state index in [4.69, 9.17) is 40.2 Å². The fourth-order valence-electron chi connectivity index (χ4n) is 2.27. The zero-order valence-corrected chi connectivity index (χ0v) is 20.7. The van der Waals surface area contributed by atoms with Crippen LogP contribution in [0.4, 0.5) is 5.69 Å². The number of carbonyl (C=O) groups is 3. The summed E-state index contributed by atoms with van der Waals surface area (Å²) in [4.78, 5) is 35.7. The Labute approximate surface area is 208 Å². The summed E-state index contributed by atoms with van der Waals surface area (Å²) < 4.78 is 6.32. The molecule has 0 spiro atoms. The number of anilines is 1. The van der Waals surface area contributed by atoms with Crippen LogP contribution in [0.1, 0.15) is 18.4 Å². The molecule has 32 heavy (non-hydrogen) atoms. The molecule has 3 amide bonds. The molecule has 0 fully saturated rings. The van der Waals surface area contributed by atoms with Crippen molar-refractivity contribution in [1.29, 1.82) is 0 Å². The number of aryl methyl sites for hydroxylation is 1. The molecule has 2 aromatic rings.